The number of ether oxygens (including phenoxy) is 1. The quantitative estimate of drug-likeness (QED) is 0.0925. The van der Waals surface area contributed by atoms with Crippen molar-refractivity contribution < 1.29 is 19.4 Å². The first-order valence-corrected chi connectivity index (χ1v) is 22.8. The molecule has 1 fully saturated rings. The van der Waals surface area contributed by atoms with Crippen LogP contribution in [0.1, 0.15) is 133 Å². The zero-order valence-electron chi connectivity index (χ0n) is 37.8. The predicted octanol–water partition coefficient (Wildman–Crippen LogP) is 10.6. The highest BCUT2D eigenvalue weighted by Gasteiger charge is 2.33. The Morgan fingerprint density at radius 3 is 2.44 bits per heavy atom. The van der Waals surface area contributed by atoms with Gasteiger partial charge in [-0.3, -0.25) is 14.2 Å². The summed E-state index contributed by atoms with van der Waals surface area (Å²) in [4.78, 5) is 42.8. The highest BCUT2D eigenvalue weighted by atomic mass is 35.5. The van der Waals surface area contributed by atoms with Crippen molar-refractivity contribution in [3.05, 3.63) is 91.1 Å². The van der Waals surface area contributed by atoms with Crippen molar-refractivity contribution >= 4 is 41.4 Å². The van der Waals surface area contributed by atoms with Gasteiger partial charge in [-0.1, -0.05) is 103 Å². The number of urea groups is 1. The number of carbonyl (C=O) groups is 2. The second-order valence-electron chi connectivity index (χ2n) is 16.2. The van der Waals surface area contributed by atoms with Crippen LogP contribution in [0.25, 0.3) is 22.4 Å². The molecule has 3 amide bonds. The maximum absolute atomic E-state index is 13.5. The zero-order chi connectivity index (χ0) is 45.0. The van der Waals surface area contributed by atoms with E-state index in [0.717, 1.165) is 78.9 Å². The van der Waals surface area contributed by atoms with Gasteiger partial charge in [0.1, 0.15) is 5.56 Å². The number of aryl methyl sites for hydroxylation is 1. The Balaban J connectivity index is 0.000000405. The summed E-state index contributed by atoms with van der Waals surface area (Å²) >= 11 is 12.5. The van der Waals surface area contributed by atoms with E-state index >= 15 is 0 Å². The second kappa shape index (κ2) is 22.5. The first-order valence-electron chi connectivity index (χ1n) is 22.0. The number of rotatable bonds is 14. The first-order chi connectivity index (χ1) is 29.2. The van der Waals surface area contributed by atoms with Crippen LogP contribution in [0.5, 0.6) is 5.88 Å². The number of hydrogen-bond acceptors (Lipinski definition) is 7. The van der Waals surface area contributed by atoms with Gasteiger partial charge in [0, 0.05) is 47.7 Å². The summed E-state index contributed by atoms with van der Waals surface area (Å²) in [5.41, 5.74) is 6.66. The molecule has 0 radical (unpaired) electrons. The van der Waals surface area contributed by atoms with Gasteiger partial charge in [0.05, 0.1) is 30.5 Å². The average molecular weight is 876 g/mol. The van der Waals surface area contributed by atoms with Crippen molar-refractivity contribution in [2.45, 2.75) is 137 Å². The van der Waals surface area contributed by atoms with Crippen molar-refractivity contribution in [1.82, 2.24) is 24.8 Å². The minimum Gasteiger partial charge on any atom is -0.481 e. The lowest BCUT2D eigenvalue weighted by Crippen LogP contribution is -2.58. The molecule has 61 heavy (non-hydrogen) atoms. The van der Waals surface area contributed by atoms with Crippen LogP contribution in [0.4, 0.5) is 10.5 Å². The molecule has 4 N–H and O–H groups in total. The van der Waals surface area contributed by atoms with Gasteiger partial charge in [0.25, 0.3) is 11.5 Å². The number of fused-ring (bicyclic) bond motifs is 1. The Hall–Kier alpha value is -4.52. The fourth-order valence-corrected chi connectivity index (χ4v) is 8.68. The maximum atomic E-state index is 13.5. The third kappa shape index (κ3) is 11.7. The van der Waals surface area contributed by atoms with Gasteiger partial charge < -0.3 is 30.4 Å². The highest BCUT2D eigenvalue weighted by Crippen LogP contribution is 2.43. The Labute approximate surface area is 372 Å². The lowest BCUT2D eigenvalue weighted by Gasteiger charge is -2.38. The van der Waals surface area contributed by atoms with Gasteiger partial charge in [0.15, 0.2) is 4.77 Å². The van der Waals surface area contributed by atoms with Crippen LogP contribution < -0.4 is 26.2 Å². The van der Waals surface area contributed by atoms with Gasteiger partial charge in [0.2, 0.25) is 5.88 Å². The molecule has 332 valence electrons. The molecule has 0 bridgehead atoms. The van der Waals surface area contributed by atoms with E-state index in [-0.39, 0.29) is 28.4 Å². The van der Waals surface area contributed by atoms with E-state index in [1.54, 1.807) is 14.0 Å². The van der Waals surface area contributed by atoms with Crippen LogP contribution in [-0.4, -0.2) is 56.5 Å². The van der Waals surface area contributed by atoms with E-state index in [4.69, 9.17) is 33.5 Å². The fourth-order valence-electron chi connectivity index (χ4n) is 8.15. The number of halogens is 1. The number of aliphatic hydroxyl groups excluding tert-OH is 1. The van der Waals surface area contributed by atoms with E-state index in [2.05, 4.69) is 56.6 Å². The van der Waals surface area contributed by atoms with Crippen molar-refractivity contribution in [3.8, 4) is 28.3 Å². The fraction of sp³-hybridized carbons (Fsp3) is 0.521. The van der Waals surface area contributed by atoms with Crippen molar-refractivity contribution in [3.63, 3.8) is 0 Å². The minimum atomic E-state index is -0.708. The van der Waals surface area contributed by atoms with Crippen molar-refractivity contribution in [1.29, 1.82) is 0 Å². The zero-order valence-corrected chi connectivity index (χ0v) is 39.4. The van der Waals surface area contributed by atoms with Crippen LogP contribution in [0.15, 0.2) is 53.5 Å². The van der Waals surface area contributed by atoms with Crippen molar-refractivity contribution in [2.24, 2.45) is 13.0 Å². The van der Waals surface area contributed by atoms with Crippen LogP contribution in [-0.2, 0) is 26.4 Å². The Morgan fingerprint density at radius 2 is 1.80 bits per heavy atom. The van der Waals surface area contributed by atoms with Gasteiger partial charge in [-0.15, -0.1) is 0 Å². The topological polar surface area (TPSA) is 140 Å². The molecule has 4 atom stereocenters. The molecule has 1 aliphatic carbocycles. The Morgan fingerprint density at radius 1 is 1.11 bits per heavy atom. The number of amides is 3. The summed E-state index contributed by atoms with van der Waals surface area (Å²) in [6.07, 6.45) is 9.88. The molecule has 4 unspecified atom stereocenters. The molecule has 1 aliphatic heterocycles. The number of nitrogens with one attached hydrogen (secondary N) is 3. The number of aromatic nitrogens is 3. The highest BCUT2D eigenvalue weighted by molar-refractivity contribution is 7.71. The molecule has 2 aromatic carbocycles. The molecular formula is C48H67ClN6O5S. The number of carbonyl (C=O) groups excluding carboxylic acids is 2. The lowest BCUT2D eigenvalue weighted by atomic mass is 9.83. The van der Waals surface area contributed by atoms with E-state index in [1.807, 2.05) is 50.2 Å². The summed E-state index contributed by atoms with van der Waals surface area (Å²) in [7, 11) is 3.17. The molecule has 6 rings (SSSR count). The van der Waals surface area contributed by atoms with Crippen LogP contribution in [0.3, 0.4) is 0 Å². The smallest absolute Gasteiger partial charge is 0.315 e. The number of nitrogens with zero attached hydrogens (tertiary/aromatic N) is 3. The number of methoxy groups -OCH3 is 1. The van der Waals surface area contributed by atoms with Gasteiger partial charge in [-0.25, -0.2) is 9.78 Å². The van der Waals surface area contributed by atoms with E-state index < -0.39 is 17.6 Å². The van der Waals surface area contributed by atoms with Crippen LogP contribution in [0, 0.1) is 10.7 Å². The standard InChI is InChI=1S/C34H37ClN4O4S.C12H24N2O.C2H6/c1-6-9-23-22(10-8-13-27(23)36-31(41)26-18-39(17-20(3)40)34(44)38(4)33(26)42)24-11-7-12-25(30(24)35)28-16-21-15-14-19(2)29(21)32(37-28)43-5;1-4-10(3)6-7-12(5-2)8-9-13-11(15)14-12;1-2/h7-8,10-13,16,18-20,40H,6,9,14-15,17H2,1-5H3,(H,36,41);10H,4-9H2,1-3H3,(H2,13,14,15);1-2H3. The lowest BCUT2D eigenvalue weighted by molar-refractivity contribution is 0.102. The molecule has 3 heterocycles. The summed E-state index contributed by atoms with van der Waals surface area (Å²) in [5.74, 6) is 1.25. The van der Waals surface area contributed by atoms with Gasteiger partial charge >= 0.3 is 6.03 Å². The molecule has 13 heteroatoms. The summed E-state index contributed by atoms with van der Waals surface area (Å²) < 4.78 is 8.69. The molecule has 11 nitrogen and oxygen atoms in total. The Bertz CT molecular complexity index is 2270. The largest absolute Gasteiger partial charge is 0.481 e. The molecule has 0 saturated carbocycles. The minimum absolute atomic E-state index is 0.00671. The molecule has 4 aromatic rings. The number of aliphatic hydroxyl groups is 1. The van der Waals surface area contributed by atoms with Crippen LogP contribution in [0.2, 0.25) is 5.02 Å². The number of hydrogen-bond donors (Lipinski definition) is 4. The molecule has 2 aliphatic rings. The van der Waals surface area contributed by atoms with E-state index in [0.29, 0.717) is 28.9 Å². The normalized spacial score (nSPS) is 17.6. The number of benzene rings is 2. The SMILES string of the molecule is CC.CCC(C)CCC1(CC)CCNC(=O)N1.CCCc1c(NC(=O)c2cn(CC(C)O)c(=S)n(C)c2=O)cccc1-c1cccc(-c2cc3c(c(OC)n2)C(C)CC3)c1Cl. The van der Waals surface area contributed by atoms with Crippen molar-refractivity contribution in [2.75, 3.05) is 19.0 Å². The Kier molecular flexibility index (Phi) is 18.2. The van der Waals surface area contributed by atoms with E-state index in [1.165, 1.54) is 46.3 Å². The maximum Gasteiger partial charge on any atom is 0.315 e. The number of anilines is 1. The first kappa shape index (κ1) is 49.1. The molecular weight excluding hydrogens is 808 g/mol. The monoisotopic (exact) mass is 874 g/mol. The third-order valence-electron chi connectivity index (χ3n) is 11.9. The summed E-state index contributed by atoms with van der Waals surface area (Å²) in [6, 6.07) is 13.7. The second-order valence-corrected chi connectivity index (χ2v) is 17.0. The molecule has 1 saturated heterocycles. The number of pyridine rings is 1. The predicted molar refractivity (Wildman–Crippen MR) is 252 cm³/mol. The molecule has 2 aromatic heterocycles. The van der Waals surface area contributed by atoms with Gasteiger partial charge in [-0.05, 0) is 105 Å². The summed E-state index contributed by atoms with van der Waals surface area (Å²) in [6.45, 7) is 17.5. The average Bonchev–Trinajstić information content (AvgIpc) is 3.64. The van der Waals surface area contributed by atoms with Crippen LogP contribution >= 0.6 is 23.8 Å². The van der Waals surface area contributed by atoms with E-state index in [9.17, 15) is 19.5 Å². The molecule has 0 spiro atoms. The third-order valence-corrected chi connectivity index (χ3v) is 12.9. The van der Waals surface area contributed by atoms with Gasteiger partial charge in [-0.2, -0.15) is 0 Å². The summed E-state index contributed by atoms with van der Waals surface area (Å²) in [5, 5.41) is 19.4.